The summed E-state index contributed by atoms with van der Waals surface area (Å²) in [6.45, 7) is 2.31. The highest BCUT2D eigenvalue weighted by atomic mass is 32.2. The summed E-state index contributed by atoms with van der Waals surface area (Å²) in [6.07, 6.45) is 2.56. The molecule has 0 aliphatic carbocycles. The molecule has 1 aliphatic heterocycles. The van der Waals surface area contributed by atoms with Crippen LogP contribution in [0.2, 0.25) is 0 Å². The largest absolute Gasteiger partial charge is 0.481 e. The van der Waals surface area contributed by atoms with Gasteiger partial charge < -0.3 is 10.0 Å². The van der Waals surface area contributed by atoms with Gasteiger partial charge in [0.15, 0.2) is 9.84 Å². The first-order valence-electron chi connectivity index (χ1n) is 5.89. The van der Waals surface area contributed by atoms with Crippen molar-refractivity contribution in [2.24, 2.45) is 5.41 Å². The monoisotopic (exact) mass is 277 g/mol. The van der Waals surface area contributed by atoms with Gasteiger partial charge in [0.1, 0.15) is 5.75 Å². The topological polar surface area (TPSA) is 91.8 Å². The Morgan fingerprint density at radius 2 is 2.00 bits per heavy atom. The number of aliphatic carboxylic acids is 1. The molecule has 1 heterocycles. The van der Waals surface area contributed by atoms with E-state index >= 15 is 0 Å². The van der Waals surface area contributed by atoms with E-state index in [1.165, 1.54) is 4.90 Å². The van der Waals surface area contributed by atoms with Gasteiger partial charge in [-0.15, -0.1) is 0 Å². The van der Waals surface area contributed by atoms with Crippen molar-refractivity contribution in [2.45, 2.75) is 26.2 Å². The lowest BCUT2D eigenvalue weighted by Gasteiger charge is -2.39. The second kappa shape index (κ2) is 5.26. The summed E-state index contributed by atoms with van der Waals surface area (Å²) in [6, 6.07) is 0. The number of nitrogens with zero attached hydrogens (tertiary/aromatic N) is 1. The fourth-order valence-electron chi connectivity index (χ4n) is 2.27. The lowest BCUT2D eigenvalue weighted by atomic mass is 9.77. The maximum atomic E-state index is 11.8. The minimum absolute atomic E-state index is 0.104. The van der Waals surface area contributed by atoms with Crippen molar-refractivity contribution >= 4 is 21.7 Å². The maximum Gasteiger partial charge on any atom is 0.311 e. The Morgan fingerprint density at radius 1 is 1.39 bits per heavy atom. The number of piperidine rings is 1. The maximum absolute atomic E-state index is 11.8. The number of carboxylic acid groups (broad SMARTS) is 1. The molecular weight excluding hydrogens is 258 g/mol. The van der Waals surface area contributed by atoms with Crippen LogP contribution >= 0.6 is 0 Å². The minimum Gasteiger partial charge on any atom is -0.481 e. The van der Waals surface area contributed by atoms with Gasteiger partial charge in [-0.25, -0.2) is 8.42 Å². The van der Waals surface area contributed by atoms with Crippen molar-refractivity contribution < 1.29 is 23.1 Å². The van der Waals surface area contributed by atoms with Gasteiger partial charge in [0, 0.05) is 19.3 Å². The summed E-state index contributed by atoms with van der Waals surface area (Å²) in [5.74, 6) is -1.97. The molecule has 1 N–H and O–H groups in total. The van der Waals surface area contributed by atoms with Gasteiger partial charge in [0.05, 0.1) is 5.41 Å². The van der Waals surface area contributed by atoms with Crippen LogP contribution in [0.4, 0.5) is 0 Å². The number of rotatable bonds is 4. The number of hydrogen-bond acceptors (Lipinski definition) is 4. The van der Waals surface area contributed by atoms with E-state index in [0.717, 1.165) is 6.26 Å². The Labute approximate surface area is 107 Å². The van der Waals surface area contributed by atoms with Crippen LogP contribution in [0.15, 0.2) is 0 Å². The van der Waals surface area contributed by atoms with E-state index in [2.05, 4.69) is 0 Å². The number of carbonyl (C=O) groups excluding carboxylic acids is 1. The third kappa shape index (κ3) is 3.44. The fourth-order valence-corrected chi connectivity index (χ4v) is 2.91. The lowest BCUT2D eigenvalue weighted by molar-refractivity contribution is -0.154. The molecule has 0 spiro atoms. The Bertz CT molecular complexity index is 444. The number of sulfone groups is 1. The van der Waals surface area contributed by atoms with E-state index in [0.29, 0.717) is 25.8 Å². The average Bonchev–Trinajstić information content (AvgIpc) is 2.26. The highest BCUT2D eigenvalue weighted by molar-refractivity contribution is 7.91. The Morgan fingerprint density at radius 3 is 2.44 bits per heavy atom. The Hall–Kier alpha value is -1.11. The predicted molar refractivity (Wildman–Crippen MR) is 65.9 cm³/mol. The van der Waals surface area contributed by atoms with E-state index in [1.807, 2.05) is 0 Å². The van der Waals surface area contributed by atoms with E-state index in [9.17, 15) is 23.1 Å². The molecule has 0 aromatic heterocycles. The van der Waals surface area contributed by atoms with Crippen LogP contribution in [0.1, 0.15) is 26.2 Å². The average molecular weight is 277 g/mol. The third-order valence-corrected chi connectivity index (χ3v) is 4.22. The zero-order valence-corrected chi connectivity index (χ0v) is 11.5. The highest BCUT2D eigenvalue weighted by Crippen LogP contribution is 2.33. The molecule has 0 aromatic carbocycles. The molecule has 7 heteroatoms. The molecular formula is C11H19NO5S. The quantitative estimate of drug-likeness (QED) is 0.789. The minimum atomic E-state index is -3.38. The molecule has 1 unspecified atom stereocenters. The molecule has 18 heavy (non-hydrogen) atoms. The molecule has 0 radical (unpaired) electrons. The second-order valence-corrected chi connectivity index (χ2v) is 7.07. The van der Waals surface area contributed by atoms with Gasteiger partial charge in [0.25, 0.3) is 0 Å². The molecule has 1 saturated heterocycles. The zero-order valence-electron chi connectivity index (χ0n) is 10.7. The smallest absolute Gasteiger partial charge is 0.311 e. The van der Waals surface area contributed by atoms with Gasteiger partial charge in [0.2, 0.25) is 5.91 Å². The van der Waals surface area contributed by atoms with Crippen molar-refractivity contribution in [3.63, 3.8) is 0 Å². The first-order chi connectivity index (χ1) is 8.20. The van der Waals surface area contributed by atoms with Crippen LogP contribution < -0.4 is 0 Å². The van der Waals surface area contributed by atoms with Crippen molar-refractivity contribution in [1.29, 1.82) is 0 Å². The molecule has 1 aliphatic rings. The number of hydrogen-bond donors (Lipinski definition) is 1. The molecule has 1 amide bonds. The first-order valence-corrected chi connectivity index (χ1v) is 7.95. The SMILES string of the molecule is CCC1(C(=O)O)CCCN(C(=O)CS(C)(=O)=O)C1. The van der Waals surface area contributed by atoms with Crippen molar-refractivity contribution in [2.75, 3.05) is 25.1 Å². The zero-order chi connectivity index (χ0) is 14.0. The highest BCUT2D eigenvalue weighted by Gasteiger charge is 2.42. The molecule has 0 saturated carbocycles. The number of carboxylic acids is 1. The fraction of sp³-hybridized carbons (Fsp3) is 0.818. The van der Waals surface area contributed by atoms with Gasteiger partial charge in [-0.1, -0.05) is 6.92 Å². The molecule has 1 rings (SSSR count). The Kier molecular flexibility index (Phi) is 4.37. The second-order valence-electron chi connectivity index (χ2n) is 4.93. The van der Waals surface area contributed by atoms with Crippen LogP contribution in [0.5, 0.6) is 0 Å². The number of carbonyl (C=O) groups is 2. The van der Waals surface area contributed by atoms with Gasteiger partial charge >= 0.3 is 5.97 Å². The normalized spacial score (nSPS) is 24.9. The predicted octanol–water partition coefficient (Wildman–Crippen LogP) is 0.134. The van der Waals surface area contributed by atoms with Crippen LogP contribution in [-0.4, -0.2) is 55.4 Å². The molecule has 1 fully saturated rings. The summed E-state index contributed by atoms with van der Waals surface area (Å²) in [7, 11) is -3.38. The Balaban J connectivity index is 2.81. The number of likely N-dealkylation sites (tertiary alicyclic amines) is 1. The van der Waals surface area contributed by atoms with Crippen molar-refractivity contribution in [1.82, 2.24) is 4.90 Å². The summed E-state index contributed by atoms with van der Waals surface area (Å²) in [4.78, 5) is 24.5. The molecule has 0 bridgehead atoms. The molecule has 0 aromatic rings. The van der Waals surface area contributed by atoms with E-state index in [4.69, 9.17) is 0 Å². The lowest BCUT2D eigenvalue weighted by Crippen LogP contribution is -2.50. The summed E-state index contributed by atoms with van der Waals surface area (Å²) in [5, 5.41) is 9.26. The number of amides is 1. The van der Waals surface area contributed by atoms with Crippen LogP contribution in [0.25, 0.3) is 0 Å². The molecule has 104 valence electrons. The van der Waals surface area contributed by atoms with E-state index < -0.39 is 32.9 Å². The van der Waals surface area contributed by atoms with Crippen molar-refractivity contribution in [3.05, 3.63) is 0 Å². The molecule has 1 atom stereocenters. The van der Waals surface area contributed by atoms with E-state index in [-0.39, 0.29) is 6.54 Å². The molecule has 6 nitrogen and oxygen atoms in total. The van der Waals surface area contributed by atoms with Gasteiger partial charge in [-0.05, 0) is 19.3 Å². The standard InChI is InChI=1S/C11H19NO5S/c1-3-11(10(14)15)5-4-6-12(8-11)9(13)7-18(2,16)17/h3-8H2,1-2H3,(H,14,15). The summed E-state index contributed by atoms with van der Waals surface area (Å²) < 4.78 is 22.2. The van der Waals surface area contributed by atoms with Crippen molar-refractivity contribution in [3.8, 4) is 0 Å². The summed E-state index contributed by atoms with van der Waals surface area (Å²) >= 11 is 0. The third-order valence-electron chi connectivity index (χ3n) is 3.45. The van der Waals surface area contributed by atoms with Crippen LogP contribution in [-0.2, 0) is 19.4 Å². The van der Waals surface area contributed by atoms with E-state index in [1.54, 1.807) is 6.92 Å². The van der Waals surface area contributed by atoms with Crippen LogP contribution in [0, 0.1) is 5.41 Å². The van der Waals surface area contributed by atoms with Gasteiger partial charge in [-0.3, -0.25) is 9.59 Å². The van der Waals surface area contributed by atoms with Gasteiger partial charge in [-0.2, -0.15) is 0 Å². The first kappa shape index (κ1) is 14.9. The summed E-state index contributed by atoms with van der Waals surface area (Å²) in [5.41, 5.74) is -0.925. The van der Waals surface area contributed by atoms with Crippen LogP contribution in [0.3, 0.4) is 0 Å².